The molecule has 0 aromatic heterocycles. The number of halogens is 1. The van der Waals surface area contributed by atoms with Gasteiger partial charge in [0, 0.05) is 0 Å². The zero-order valence-corrected chi connectivity index (χ0v) is 10.9. The second-order valence-corrected chi connectivity index (χ2v) is 4.30. The Labute approximate surface area is 111 Å². The number of aryl methyl sites for hydroxylation is 1. The van der Waals surface area contributed by atoms with Crippen molar-refractivity contribution in [2.45, 2.75) is 13.5 Å². The number of benzene rings is 2. The van der Waals surface area contributed by atoms with E-state index in [4.69, 9.17) is 15.2 Å². The summed E-state index contributed by atoms with van der Waals surface area (Å²) in [5, 5.41) is 0. The van der Waals surface area contributed by atoms with Gasteiger partial charge in [-0.3, -0.25) is 0 Å². The molecule has 19 heavy (non-hydrogen) atoms. The molecule has 0 unspecified atom stereocenters. The van der Waals surface area contributed by atoms with Crippen LogP contribution >= 0.6 is 0 Å². The maximum absolute atomic E-state index is 13.5. The number of methoxy groups -OCH3 is 1. The first-order valence-corrected chi connectivity index (χ1v) is 5.91. The van der Waals surface area contributed by atoms with Crippen LogP contribution in [0.4, 0.5) is 10.1 Å². The lowest BCUT2D eigenvalue weighted by molar-refractivity contribution is 0.306. The van der Waals surface area contributed by atoms with Crippen LogP contribution in [0.25, 0.3) is 0 Å². The van der Waals surface area contributed by atoms with Crippen molar-refractivity contribution in [1.29, 1.82) is 0 Å². The molecule has 100 valence electrons. The summed E-state index contributed by atoms with van der Waals surface area (Å²) in [7, 11) is 1.43. The molecule has 0 atom stereocenters. The van der Waals surface area contributed by atoms with Gasteiger partial charge in [0.25, 0.3) is 0 Å². The number of anilines is 1. The third-order valence-electron chi connectivity index (χ3n) is 2.78. The van der Waals surface area contributed by atoms with Crippen LogP contribution in [-0.4, -0.2) is 7.11 Å². The maximum atomic E-state index is 13.5. The molecule has 0 fully saturated rings. The third kappa shape index (κ3) is 3.16. The molecule has 2 N–H and O–H groups in total. The summed E-state index contributed by atoms with van der Waals surface area (Å²) in [6.45, 7) is 2.22. The van der Waals surface area contributed by atoms with E-state index >= 15 is 0 Å². The average molecular weight is 261 g/mol. The summed E-state index contributed by atoms with van der Waals surface area (Å²) in [5.41, 5.74) is 8.21. The standard InChI is InChI=1S/C15H16FNO2/c1-10-3-5-15(13(17)7-10)19-9-11-4-6-14(18-2)12(16)8-11/h3-8H,9,17H2,1-2H3. The molecule has 2 aromatic rings. The summed E-state index contributed by atoms with van der Waals surface area (Å²) in [5.74, 6) is 0.418. The van der Waals surface area contributed by atoms with E-state index in [0.717, 1.165) is 11.1 Å². The van der Waals surface area contributed by atoms with Crippen LogP contribution in [0.2, 0.25) is 0 Å². The molecule has 2 rings (SSSR count). The molecule has 0 radical (unpaired) electrons. The lowest BCUT2D eigenvalue weighted by Gasteiger charge is -2.10. The van der Waals surface area contributed by atoms with Gasteiger partial charge >= 0.3 is 0 Å². The molecule has 0 heterocycles. The normalized spacial score (nSPS) is 10.3. The van der Waals surface area contributed by atoms with Gasteiger partial charge in [-0.15, -0.1) is 0 Å². The number of nitrogens with two attached hydrogens (primary N) is 1. The lowest BCUT2D eigenvalue weighted by Crippen LogP contribution is -2.00. The molecular weight excluding hydrogens is 245 g/mol. The van der Waals surface area contributed by atoms with Gasteiger partial charge in [-0.25, -0.2) is 4.39 Å². The van der Waals surface area contributed by atoms with E-state index < -0.39 is 5.82 Å². The largest absolute Gasteiger partial charge is 0.494 e. The predicted octanol–water partition coefficient (Wildman–Crippen LogP) is 3.30. The van der Waals surface area contributed by atoms with E-state index in [9.17, 15) is 4.39 Å². The Hall–Kier alpha value is -2.23. The van der Waals surface area contributed by atoms with Gasteiger partial charge in [0.2, 0.25) is 0 Å². The molecule has 0 bridgehead atoms. The highest BCUT2D eigenvalue weighted by atomic mass is 19.1. The SMILES string of the molecule is COc1ccc(COc2ccc(C)cc2N)cc1F. The molecule has 2 aromatic carbocycles. The molecule has 0 saturated heterocycles. The van der Waals surface area contributed by atoms with Crippen LogP contribution < -0.4 is 15.2 Å². The summed E-state index contributed by atoms with van der Waals surface area (Å²) >= 11 is 0. The van der Waals surface area contributed by atoms with E-state index in [-0.39, 0.29) is 12.4 Å². The Morgan fingerprint density at radius 1 is 1.11 bits per heavy atom. The fourth-order valence-electron chi connectivity index (χ4n) is 1.76. The number of hydrogen-bond acceptors (Lipinski definition) is 3. The Morgan fingerprint density at radius 2 is 1.84 bits per heavy atom. The van der Waals surface area contributed by atoms with Crippen LogP contribution in [0.15, 0.2) is 36.4 Å². The van der Waals surface area contributed by atoms with Crippen molar-refractivity contribution in [3.63, 3.8) is 0 Å². The van der Waals surface area contributed by atoms with Gasteiger partial charge in [0.15, 0.2) is 11.6 Å². The number of hydrogen-bond donors (Lipinski definition) is 1. The van der Waals surface area contributed by atoms with Crippen LogP contribution in [0.3, 0.4) is 0 Å². The molecule has 0 saturated carbocycles. The van der Waals surface area contributed by atoms with Crippen molar-refractivity contribution in [1.82, 2.24) is 0 Å². The fourth-order valence-corrected chi connectivity index (χ4v) is 1.76. The first kappa shape index (κ1) is 13.2. The molecule has 0 aliphatic carbocycles. The van der Waals surface area contributed by atoms with Crippen molar-refractivity contribution in [3.05, 3.63) is 53.3 Å². The summed E-state index contributed by atoms with van der Waals surface area (Å²) in [6, 6.07) is 10.3. The van der Waals surface area contributed by atoms with E-state index in [1.165, 1.54) is 13.2 Å². The Kier molecular flexibility index (Phi) is 3.90. The average Bonchev–Trinajstić information content (AvgIpc) is 2.38. The highest BCUT2D eigenvalue weighted by Gasteiger charge is 2.05. The smallest absolute Gasteiger partial charge is 0.165 e. The lowest BCUT2D eigenvalue weighted by atomic mass is 10.2. The number of rotatable bonds is 4. The molecule has 0 aliphatic rings. The Balaban J connectivity index is 2.08. The minimum atomic E-state index is -0.402. The van der Waals surface area contributed by atoms with Gasteiger partial charge in [0.05, 0.1) is 12.8 Å². The summed E-state index contributed by atoms with van der Waals surface area (Å²) in [6.07, 6.45) is 0. The van der Waals surface area contributed by atoms with Crippen LogP contribution in [-0.2, 0) is 6.61 Å². The minimum absolute atomic E-state index is 0.221. The van der Waals surface area contributed by atoms with Crippen molar-refractivity contribution in [2.24, 2.45) is 0 Å². The highest BCUT2D eigenvalue weighted by molar-refractivity contribution is 5.54. The van der Waals surface area contributed by atoms with E-state index in [2.05, 4.69) is 0 Å². The predicted molar refractivity (Wildman–Crippen MR) is 72.9 cm³/mol. The Bertz CT molecular complexity index is 584. The van der Waals surface area contributed by atoms with Gasteiger partial charge in [0.1, 0.15) is 12.4 Å². The van der Waals surface area contributed by atoms with Crippen molar-refractivity contribution >= 4 is 5.69 Å². The molecule has 0 amide bonds. The molecular formula is C15H16FNO2. The van der Waals surface area contributed by atoms with Gasteiger partial charge in [-0.2, -0.15) is 0 Å². The zero-order valence-electron chi connectivity index (χ0n) is 10.9. The van der Waals surface area contributed by atoms with Gasteiger partial charge < -0.3 is 15.2 Å². The van der Waals surface area contributed by atoms with Crippen molar-refractivity contribution < 1.29 is 13.9 Å². The maximum Gasteiger partial charge on any atom is 0.165 e. The second kappa shape index (κ2) is 5.61. The van der Waals surface area contributed by atoms with Crippen molar-refractivity contribution in [2.75, 3.05) is 12.8 Å². The topological polar surface area (TPSA) is 44.5 Å². The number of nitrogen functional groups attached to an aromatic ring is 1. The van der Waals surface area contributed by atoms with E-state index in [1.54, 1.807) is 12.1 Å². The van der Waals surface area contributed by atoms with E-state index in [1.807, 2.05) is 25.1 Å². The van der Waals surface area contributed by atoms with Crippen LogP contribution in [0.1, 0.15) is 11.1 Å². The molecule has 4 heteroatoms. The van der Waals surface area contributed by atoms with E-state index in [0.29, 0.717) is 11.4 Å². The zero-order chi connectivity index (χ0) is 13.8. The fraction of sp³-hybridized carbons (Fsp3) is 0.200. The van der Waals surface area contributed by atoms with Gasteiger partial charge in [-0.1, -0.05) is 12.1 Å². The van der Waals surface area contributed by atoms with Crippen LogP contribution in [0, 0.1) is 12.7 Å². The molecule has 3 nitrogen and oxygen atoms in total. The number of ether oxygens (including phenoxy) is 2. The highest BCUT2D eigenvalue weighted by Crippen LogP contribution is 2.24. The monoisotopic (exact) mass is 261 g/mol. The quantitative estimate of drug-likeness (QED) is 0.859. The third-order valence-corrected chi connectivity index (χ3v) is 2.78. The second-order valence-electron chi connectivity index (χ2n) is 4.30. The molecule has 0 aliphatic heterocycles. The molecule has 0 spiro atoms. The summed E-state index contributed by atoms with van der Waals surface area (Å²) in [4.78, 5) is 0. The van der Waals surface area contributed by atoms with Gasteiger partial charge in [-0.05, 0) is 42.3 Å². The minimum Gasteiger partial charge on any atom is -0.494 e. The first-order chi connectivity index (χ1) is 9.10. The summed E-state index contributed by atoms with van der Waals surface area (Å²) < 4.78 is 23.9. The first-order valence-electron chi connectivity index (χ1n) is 5.91. The van der Waals surface area contributed by atoms with Crippen LogP contribution in [0.5, 0.6) is 11.5 Å². The van der Waals surface area contributed by atoms with Crippen molar-refractivity contribution in [3.8, 4) is 11.5 Å². The Morgan fingerprint density at radius 3 is 2.47 bits per heavy atom.